The van der Waals surface area contributed by atoms with Gasteiger partial charge in [-0.2, -0.15) is 0 Å². The quantitative estimate of drug-likeness (QED) is 0.888. The molecule has 0 aromatic heterocycles. The van der Waals surface area contributed by atoms with Gasteiger partial charge in [0, 0.05) is 32.2 Å². The van der Waals surface area contributed by atoms with Crippen LogP contribution in [0.1, 0.15) is 31.4 Å². The van der Waals surface area contributed by atoms with E-state index in [-0.39, 0.29) is 18.2 Å². The number of piperazine rings is 1. The number of hydrogen-bond acceptors (Lipinski definition) is 2. The molecule has 1 aromatic rings. The Hall–Kier alpha value is -0.160. The Morgan fingerprint density at radius 3 is 2.63 bits per heavy atom. The Balaban J connectivity index is 0.00000180. The van der Waals surface area contributed by atoms with E-state index in [0.717, 1.165) is 39.0 Å². The van der Waals surface area contributed by atoms with Gasteiger partial charge in [-0.15, -0.1) is 12.4 Å². The summed E-state index contributed by atoms with van der Waals surface area (Å²) in [5, 5.41) is 3.37. The lowest BCUT2D eigenvalue weighted by atomic mass is 10.00. The van der Waals surface area contributed by atoms with Crippen LogP contribution in [-0.4, -0.2) is 31.1 Å². The first kappa shape index (κ1) is 16.9. The third kappa shape index (κ3) is 4.42. The monoisotopic (exact) mass is 350 g/mol. The average Bonchev–Trinajstić information content (AvgIpc) is 2.40. The molecule has 1 N–H and O–H groups in total. The first-order valence-electron chi connectivity index (χ1n) is 6.62. The van der Waals surface area contributed by atoms with Gasteiger partial charge in [0.25, 0.3) is 0 Å². The highest BCUT2D eigenvalue weighted by atomic mass is 79.9. The van der Waals surface area contributed by atoms with Crippen molar-refractivity contribution in [2.24, 2.45) is 0 Å². The van der Waals surface area contributed by atoms with Crippen LogP contribution in [0.2, 0.25) is 0 Å². The Bertz CT molecular complexity index is 397. The van der Waals surface area contributed by atoms with Gasteiger partial charge in [0.05, 0.1) is 4.47 Å². The van der Waals surface area contributed by atoms with Gasteiger partial charge in [0.2, 0.25) is 0 Å². The van der Waals surface area contributed by atoms with Crippen LogP contribution >= 0.6 is 28.3 Å². The van der Waals surface area contributed by atoms with Crippen LogP contribution in [0.25, 0.3) is 0 Å². The predicted octanol–water partition coefficient (Wildman–Crippen LogP) is 3.76. The maximum absolute atomic E-state index is 13.3. The highest BCUT2D eigenvalue weighted by Crippen LogP contribution is 2.29. The summed E-state index contributed by atoms with van der Waals surface area (Å²) in [5.74, 6) is -0.186. The molecule has 1 saturated heterocycles. The van der Waals surface area contributed by atoms with Crippen molar-refractivity contribution in [3.63, 3.8) is 0 Å². The van der Waals surface area contributed by atoms with Crippen LogP contribution in [0.3, 0.4) is 0 Å². The fourth-order valence-corrected chi connectivity index (χ4v) is 2.94. The molecular weight excluding hydrogens is 331 g/mol. The van der Waals surface area contributed by atoms with Crippen LogP contribution in [-0.2, 0) is 0 Å². The predicted molar refractivity (Wildman–Crippen MR) is 83.4 cm³/mol. The molecule has 0 bridgehead atoms. The molecule has 0 aliphatic carbocycles. The Labute approximate surface area is 129 Å². The summed E-state index contributed by atoms with van der Waals surface area (Å²) in [5.41, 5.74) is 1.21. The van der Waals surface area contributed by atoms with E-state index < -0.39 is 0 Å². The second-order valence-electron chi connectivity index (χ2n) is 4.76. The highest BCUT2D eigenvalue weighted by Gasteiger charge is 2.21. The van der Waals surface area contributed by atoms with Crippen LogP contribution < -0.4 is 5.32 Å². The van der Waals surface area contributed by atoms with E-state index in [9.17, 15) is 4.39 Å². The second-order valence-corrected chi connectivity index (χ2v) is 5.62. The molecule has 1 heterocycles. The van der Waals surface area contributed by atoms with E-state index in [4.69, 9.17) is 0 Å². The van der Waals surface area contributed by atoms with Gasteiger partial charge >= 0.3 is 0 Å². The summed E-state index contributed by atoms with van der Waals surface area (Å²) in [4.78, 5) is 2.50. The molecule has 19 heavy (non-hydrogen) atoms. The lowest BCUT2D eigenvalue weighted by molar-refractivity contribution is 0.164. The fourth-order valence-electron chi connectivity index (χ4n) is 2.55. The largest absolute Gasteiger partial charge is 0.314 e. The van der Waals surface area contributed by atoms with E-state index in [2.05, 4.69) is 33.1 Å². The molecule has 0 radical (unpaired) electrons. The molecule has 1 aliphatic heterocycles. The van der Waals surface area contributed by atoms with Crippen LogP contribution in [0.5, 0.6) is 0 Å². The van der Waals surface area contributed by atoms with Gasteiger partial charge in [-0.3, -0.25) is 4.90 Å². The molecule has 1 aromatic carbocycles. The van der Waals surface area contributed by atoms with Gasteiger partial charge in [-0.05, 0) is 40.0 Å². The summed E-state index contributed by atoms with van der Waals surface area (Å²) < 4.78 is 13.9. The molecule has 1 fully saturated rings. The maximum atomic E-state index is 13.3. The van der Waals surface area contributed by atoms with Gasteiger partial charge in [0.15, 0.2) is 0 Å². The van der Waals surface area contributed by atoms with Gasteiger partial charge in [-0.1, -0.05) is 19.4 Å². The lowest BCUT2D eigenvalue weighted by Gasteiger charge is -2.35. The first-order chi connectivity index (χ1) is 8.72. The zero-order valence-electron chi connectivity index (χ0n) is 11.2. The molecule has 2 rings (SSSR count). The Morgan fingerprint density at radius 1 is 1.37 bits per heavy atom. The van der Waals surface area contributed by atoms with Crippen molar-refractivity contribution < 1.29 is 4.39 Å². The lowest BCUT2D eigenvalue weighted by Crippen LogP contribution is -2.45. The molecule has 0 amide bonds. The number of rotatable bonds is 4. The normalized spacial score (nSPS) is 17.8. The summed E-state index contributed by atoms with van der Waals surface area (Å²) in [6.45, 7) is 6.43. The minimum atomic E-state index is -0.186. The molecule has 0 spiro atoms. The van der Waals surface area contributed by atoms with E-state index >= 15 is 0 Å². The van der Waals surface area contributed by atoms with Gasteiger partial charge in [-0.25, -0.2) is 4.39 Å². The number of nitrogens with zero attached hydrogens (tertiary/aromatic N) is 1. The summed E-state index contributed by atoms with van der Waals surface area (Å²) in [7, 11) is 0. The van der Waals surface area contributed by atoms with Crippen molar-refractivity contribution in [1.82, 2.24) is 10.2 Å². The minimum absolute atomic E-state index is 0. The maximum Gasteiger partial charge on any atom is 0.137 e. The van der Waals surface area contributed by atoms with Crippen molar-refractivity contribution in [2.75, 3.05) is 26.2 Å². The second kappa shape index (κ2) is 8.20. The molecule has 0 saturated carbocycles. The standard InChI is InChI=1S/C14H20BrFN2.ClH/c1-2-3-14(18-8-6-17-7-9-18)11-4-5-13(16)12(15)10-11;/h4-5,10,14,17H,2-3,6-9H2,1H3;1H/t14-;/m1./s1. The Kier molecular flexibility index (Phi) is 7.29. The highest BCUT2D eigenvalue weighted by molar-refractivity contribution is 9.10. The third-order valence-electron chi connectivity index (χ3n) is 3.48. The summed E-state index contributed by atoms with van der Waals surface area (Å²) >= 11 is 3.28. The van der Waals surface area contributed by atoms with E-state index in [1.54, 1.807) is 6.07 Å². The molecule has 5 heteroatoms. The third-order valence-corrected chi connectivity index (χ3v) is 4.09. The SMILES string of the molecule is CCC[C@H](c1ccc(F)c(Br)c1)N1CCNCC1.Cl. The molecule has 2 nitrogen and oxygen atoms in total. The van der Waals surface area contributed by atoms with Crippen molar-refractivity contribution >= 4 is 28.3 Å². The summed E-state index contributed by atoms with van der Waals surface area (Å²) in [6, 6.07) is 5.82. The van der Waals surface area contributed by atoms with Crippen molar-refractivity contribution in [3.8, 4) is 0 Å². The summed E-state index contributed by atoms with van der Waals surface area (Å²) in [6.07, 6.45) is 2.27. The zero-order chi connectivity index (χ0) is 13.0. The molecule has 1 aliphatic rings. The fraction of sp³-hybridized carbons (Fsp3) is 0.571. The van der Waals surface area contributed by atoms with Crippen LogP contribution in [0, 0.1) is 5.82 Å². The molecule has 108 valence electrons. The zero-order valence-corrected chi connectivity index (χ0v) is 13.6. The Morgan fingerprint density at radius 2 is 2.05 bits per heavy atom. The average molecular weight is 352 g/mol. The number of nitrogens with one attached hydrogen (secondary N) is 1. The van der Waals surface area contributed by atoms with Crippen LogP contribution in [0.4, 0.5) is 4.39 Å². The molecule has 1 atom stereocenters. The number of halogens is 3. The van der Waals surface area contributed by atoms with E-state index in [0.29, 0.717) is 10.5 Å². The molecule has 0 unspecified atom stereocenters. The number of hydrogen-bond donors (Lipinski definition) is 1. The van der Waals surface area contributed by atoms with Gasteiger partial charge in [0.1, 0.15) is 5.82 Å². The van der Waals surface area contributed by atoms with Crippen molar-refractivity contribution in [3.05, 3.63) is 34.1 Å². The molecular formula is C14H21BrClFN2. The van der Waals surface area contributed by atoms with E-state index in [1.165, 1.54) is 5.56 Å². The topological polar surface area (TPSA) is 15.3 Å². The van der Waals surface area contributed by atoms with E-state index in [1.807, 2.05) is 12.1 Å². The van der Waals surface area contributed by atoms with Gasteiger partial charge < -0.3 is 5.32 Å². The van der Waals surface area contributed by atoms with Crippen LogP contribution in [0.15, 0.2) is 22.7 Å². The minimum Gasteiger partial charge on any atom is -0.314 e. The van der Waals surface area contributed by atoms with Crippen molar-refractivity contribution in [2.45, 2.75) is 25.8 Å². The smallest absolute Gasteiger partial charge is 0.137 e. The van der Waals surface area contributed by atoms with Crippen molar-refractivity contribution in [1.29, 1.82) is 0 Å². The first-order valence-corrected chi connectivity index (χ1v) is 7.41. The number of benzene rings is 1.